The summed E-state index contributed by atoms with van der Waals surface area (Å²) in [4.78, 5) is 20.1. The summed E-state index contributed by atoms with van der Waals surface area (Å²) in [5.74, 6) is 0.900. The molecule has 0 radical (unpaired) electrons. The molecule has 2 N–H and O–H groups in total. The van der Waals surface area contributed by atoms with Crippen LogP contribution in [0.15, 0.2) is 35.1 Å². The molecule has 1 aromatic heterocycles. The Morgan fingerprint density at radius 3 is 2.76 bits per heavy atom. The lowest BCUT2D eigenvalue weighted by Gasteiger charge is -2.20. The third-order valence-corrected chi connectivity index (χ3v) is 4.68. The van der Waals surface area contributed by atoms with Crippen LogP contribution in [0.2, 0.25) is 0 Å². The highest BCUT2D eigenvalue weighted by molar-refractivity contribution is 5.30. The number of nitrogens with zero attached hydrogens (tertiary/aromatic N) is 1. The van der Waals surface area contributed by atoms with E-state index in [1.165, 1.54) is 5.56 Å². The third-order valence-electron chi connectivity index (χ3n) is 4.68. The normalized spacial score (nSPS) is 19.0. The molecule has 4 rings (SSSR count). The van der Waals surface area contributed by atoms with Crippen molar-refractivity contribution < 1.29 is 0 Å². The summed E-state index contributed by atoms with van der Waals surface area (Å²) in [5, 5.41) is 3.24. The molecule has 0 atom stereocenters. The average molecular weight is 281 g/mol. The molecule has 0 amide bonds. The number of fused-ring (bicyclic) bond motifs is 1. The Morgan fingerprint density at radius 2 is 2.00 bits per heavy atom. The summed E-state index contributed by atoms with van der Waals surface area (Å²) < 4.78 is 0. The molecule has 0 bridgehead atoms. The van der Waals surface area contributed by atoms with Crippen molar-refractivity contribution >= 4 is 0 Å². The number of rotatable bonds is 3. The van der Waals surface area contributed by atoms with Crippen LogP contribution in [0.1, 0.15) is 35.5 Å². The van der Waals surface area contributed by atoms with Crippen LogP contribution < -0.4 is 10.9 Å². The van der Waals surface area contributed by atoms with E-state index in [-0.39, 0.29) is 11.0 Å². The minimum absolute atomic E-state index is 0.0431. The molecule has 108 valence electrons. The summed E-state index contributed by atoms with van der Waals surface area (Å²) in [6.45, 7) is 1.55. The molecular weight excluding hydrogens is 262 g/mol. The van der Waals surface area contributed by atoms with E-state index < -0.39 is 0 Å². The van der Waals surface area contributed by atoms with Crippen molar-refractivity contribution in [2.75, 3.05) is 6.54 Å². The van der Waals surface area contributed by atoms with Crippen LogP contribution >= 0.6 is 0 Å². The van der Waals surface area contributed by atoms with Gasteiger partial charge < -0.3 is 10.3 Å². The van der Waals surface area contributed by atoms with Gasteiger partial charge in [0.15, 0.2) is 0 Å². The maximum absolute atomic E-state index is 12.3. The van der Waals surface area contributed by atoms with Crippen molar-refractivity contribution in [2.24, 2.45) is 0 Å². The minimum atomic E-state index is 0.0431. The lowest BCUT2D eigenvalue weighted by molar-refractivity contribution is 0.580. The molecule has 2 aromatic rings. The molecule has 1 aromatic carbocycles. The van der Waals surface area contributed by atoms with E-state index in [2.05, 4.69) is 34.6 Å². The highest BCUT2D eigenvalue weighted by atomic mass is 16.1. The molecule has 0 spiro atoms. The van der Waals surface area contributed by atoms with Gasteiger partial charge in [-0.2, -0.15) is 0 Å². The van der Waals surface area contributed by atoms with Crippen molar-refractivity contribution in [3.63, 3.8) is 0 Å². The maximum Gasteiger partial charge on any atom is 0.255 e. The Hall–Kier alpha value is -1.94. The SMILES string of the molecule is O=c1[nH]c(C2(Cc3ccccc3)CC2)nc2c1CNCC2. The highest BCUT2D eigenvalue weighted by Crippen LogP contribution is 2.49. The van der Waals surface area contributed by atoms with Gasteiger partial charge in [0.1, 0.15) is 5.82 Å². The van der Waals surface area contributed by atoms with Gasteiger partial charge in [0, 0.05) is 24.9 Å². The summed E-state index contributed by atoms with van der Waals surface area (Å²) >= 11 is 0. The van der Waals surface area contributed by atoms with Gasteiger partial charge in [-0.15, -0.1) is 0 Å². The van der Waals surface area contributed by atoms with Gasteiger partial charge in [0.25, 0.3) is 5.56 Å². The standard InChI is InChI=1S/C17H19N3O/c21-15-13-11-18-9-6-14(13)19-16(20-15)17(7-8-17)10-12-4-2-1-3-5-12/h1-5,18H,6-11H2,(H,19,20,21). The smallest absolute Gasteiger partial charge is 0.255 e. The van der Waals surface area contributed by atoms with Gasteiger partial charge >= 0.3 is 0 Å². The van der Waals surface area contributed by atoms with E-state index >= 15 is 0 Å². The number of aromatic amines is 1. The fraction of sp³-hybridized carbons (Fsp3) is 0.412. The average Bonchev–Trinajstić information content (AvgIpc) is 3.29. The number of hydrogen-bond donors (Lipinski definition) is 2. The Labute approximate surface area is 123 Å². The summed E-state index contributed by atoms with van der Waals surface area (Å²) in [7, 11) is 0. The molecule has 21 heavy (non-hydrogen) atoms. The zero-order valence-electron chi connectivity index (χ0n) is 12.0. The van der Waals surface area contributed by atoms with Crippen LogP contribution in [0.4, 0.5) is 0 Å². The first-order valence-electron chi connectivity index (χ1n) is 7.64. The molecule has 1 aliphatic carbocycles. The second-order valence-electron chi connectivity index (χ2n) is 6.21. The summed E-state index contributed by atoms with van der Waals surface area (Å²) in [6, 6.07) is 10.5. The van der Waals surface area contributed by atoms with Crippen LogP contribution in [0, 0.1) is 0 Å². The van der Waals surface area contributed by atoms with Crippen molar-refractivity contribution in [3.8, 4) is 0 Å². The lowest BCUT2D eigenvalue weighted by Crippen LogP contribution is -2.33. The quantitative estimate of drug-likeness (QED) is 0.900. The fourth-order valence-corrected chi connectivity index (χ4v) is 3.24. The second-order valence-corrected chi connectivity index (χ2v) is 6.21. The molecule has 0 unspecified atom stereocenters. The van der Waals surface area contributed by atoms with Crippen LogP contribution in [0.5, 0.6) is 0 Å². The van der Waals surface area contributed by atoms with Crippen molar-refractivity contribution in [2.45, 2.75) is 37.6 Å². The largest absolute Gasteiger partial charge is 0.312 e. The van der Waals surface area contributed by atoms with Gasteiger partial charge in [0.05, 0.1) is 11.3 Å². The monoisotopic (exact) mass is 281 g/mol. The van der Waals surface area contributed by atoms with E-state index in [0.717, 1.165) is 49.3 Å². The molecule has 1 aliphatic heterocycles. The number of nitrogens with one attached hydrogen (secondary N) is 2. The van der Waals surface area contributed by atoms with Gasteiger partial charge in [-0.05, 0) is 24.8 Å². The summed E-state index contributed by atoms with van der Waals surface area (Å²) in [6.07, 6.45) is 4.05. The number of aromatic nitrogens is 2. The van der Waals surface area contributed by atoms with Crippen molar-refractivity contribution in [3.05, 3.63) is 63.3 Å². The van der Waals surface area contributed by atoms with Crippen molar-refractivity contribution in [1.82, 2.24) is 15.3 Å². The van der Waals surface area contributed by atoms with E-state index in [0.29, 0.717) is 6.54 Å². The van der Waals surface area contributed by atoms with Crippen LogP contribution in [-0.2, 0) is 24.8 Å². The zero-order valence-corrected chi connectivity index (χ0v) is 12.0. The van der Waals surface area contributed by atoms with Gasteiger partial charge in [-0.25, -0.2) is 4.98 Å². The van der Waals surface area contributed by atoms with E-state index in [1.807, 2.05) is 6.07 Å². The number of H-pyrrole nitrogens is 1. The number of benzene rings is 1. The molecule has 1 fully saturated rings. The second kappa shape index (κ2) is 4.81. The van der Waals surface area contributed by atoms with Gasteiger partial charge in [0.2, 0.25) is 0 Å². The topological polar surface area (TPSA) is 57.8 Å². The number of hydrogen-bond acceptors (Lipinski definition) is 3. The molecule has 2 heterocycles. The Morgan fingerprint density at radius 1 is 1.19 bits per heavy atom. The molecule has 4 heteroatoms. The Kier molecular flexibility index (Phi) is 2.93. The third kappa shape index (κ3) is 2.29. The maximum atomic E-state index is 12.3. The molecular formula is C17H19N3O. The minimum Gasteiger partial charge on any atom is -0.312 e. The van der Waals surface area contributed by atoms with Crippen molar-refractivity contribution in [1.29, 1.82) is 0 Å². The summed E-state index contributed by atoms with van der Waals surface area (Å²) in [5.41, 5.74) is 3.23. The predicted octanol–water partition coefficient (Wildman–Crippen LogP) is 1.69. The van der Waals surface area contributed by atoms with Crippen LogP contribution in [0.25, 0.3) is 0 Å². The van der Waals surface area contributed by atoms with E-state index in [1.54, 1.807) is 0 Å². The molecule has 0 saturated heterocycles. The predicted molar refractivity (Wildman–Crippen MR) is 81.3 cm³/mol. The molecule has 2 aliphatic rings. The van der Waals surface area contributed by atoms with E-state index in [9.17, 15) is 4.79 Å². The first-order chi connectivity index (χ1) is 10.3. The van der Waals surface area contributed by atoms with Gasteiger partial charge in [-0.1, -0.05) is 30.3 Å². The molecule has 4 nitrogen and oxygen atoms in total. The van der Waals surface area contributed by atoms with Crippen LogP contribution in [-0.4, -0.2) is 16.5 Å². The van der Waals surface area contributed by atoms with E-state index in [4.69, 9.17) is 4.98 Å². The van der Waals surface area contributed by atoms with Crippen LogP contribution in [0.3, 0.4) is 0 Å². The first kappa shape index (κ1) is 12.8. The van der Waals surface area contributed by atoms with Gasteiger partial charge in [-0.3, -0.25) is 4.79 Å². The lowest BCUT2D eigenvalue weighted by atomic mass is 9.95. The fourth-order valence-electron chi connectivity index (χ4n) is 3.24. The first-order valence-corrected chi connectivity index (χ1v) is 7.64. The Balaban J connectivity index is 1.70. The molecule has 1 saturated carbocycles. The zero-order chi connectivity index (χ0) is 14.3. The Bertz CT molecular complexity index is 717. The highest BCUT2D eigenvalue weighted by Gasteiger charge is 2.46.